The molecule has 2 saturated heterocycles. The number of halogens is 1. The molecule has 1 aromatic heterocycles. The summed E-state index contributed by atoms with van der Waals surface area (Å²) in [6, 6.07) is 7.77. The van der Waals surface area contributed by atoms with E-state index in [1.165, 1.54) is 34.1 Å². The number of aliphatic hydroxyl groups is 1. The molecule has 7 nitrogen and oxygen atoms in total. The van der Waals surface area contributed by atoms with Crippen molar-refractivity contribution >= 4 is 17.4 Å². The number of Topliss-reactive ketones (excluding diaryl/α,β-unsaturated/α-hetero) is 1. The Balaban J connectivity index is 1.70. The van der Waals surface area contributed by atoms with Gasteiger partial charge in [-0.2, -0.15) is 0 Å². The van der Waals surface area contributed by atoms with Crippen molar-refractivity contribution in [3.63, 3.8) is 0 Å². The van der Waals surface area contributed by atoms with Crippen molar-refractivity contribution in [2.24, 2.45) is 0 Å². The highest BCUT2D eigenvalue weighted by molar-refractivity contribution is 6.46. The number of carbonyl (C=O) groups excluding carboxylic acids is 2. The van der Waals surface area contributed by atoms with Crippen LogP contribution in [0.5, 0.6) is 0 Å². The second-order valence-corrected chi connectivity index (χ2v) is 7.56. The van der Waals surface area contributed by atoms with E-state index in [-0.39, 0.29) is 16.9 Å². The quantitative estimate of drug-likeness (QED) is 0.434. The van der Waals surface area contributed by atoms with Gasteiger partial charge in [-0.15, -0.1) is 0 Å². The first kappa shape index (κ1) is 20.3. The fourth-order valence-electron chi connectivity index (χ4n) is 3.96. The Kier molecular flexibility index (Phi) is 5.69. The zero-order valence-corrected chi connectivity index (χ0v) is 16.7. The van der Waals surface area contributed by atoms with E-state index in [1.54, 1.807) is 19.1 Å². The molecule has 0 unspecified atom stereocenters. The van der Waals surface area contributed by atoms with Crippen LogP contribution in [0.25, 0.3) is 5.76 Å². The predicted molar refractivity (Wildman–Crippen MR) is 105 cm³/mol. The number of nitrogens with one attached hydrogen (secondary N) is 1. The normalized spacial score (nSPS) is 22.1. The molecule has 0 spiro atoms. The highest BCUT2D eigenvalue weighted by Gasteiger charge is 2.47. The number of hydrogen-bond acceptors (Lipinski definition) is 5. The number of benzene rings is 1. The van der Waals surface area contributed by atoms with Gasteiger partial charge in [0.2, 0.25) is 0 Å². The minimum Gasteiger partial charge on any atom is -0.507 e. The van der Waals surface area contributed by atoms with Crippen LogP contribution in [0.2, 0.25) is 0 Å². The van der Waals surface area contributed by atoms with E-state index in [4.69, 9.17) is 9.15 Å². The summed E-state index contributed by atoms with van der Waals surface area (Å²) < 4.78 is 24.4. The number of morpholine rings is 1. The fourth-order valence-corrected chi connectivity index (χ4v) is 3.96. The molecule has 2 aromatic rings. The maximum Gasteiger partial charge on any atom is 0.295 e. The van der Waals surface area contributed by atoms with E-state index in [1.807, 2.05) is 0 Å². The maximum atomic E-state index is 13.3. The molecule has 4 rings (SSSR count). The third kappa shape index (κ3) is 3.88. The number of hydrogen-bond donors (Lipinski definition) is 2. The lowest BCUT2D eigenvalue weighted by molar-refractivity contribution is -0.907. The Bertz CT molecular complexity index is 976. The Hall–Kier alpha value is -2.97. The summed E-state index contributed by atoms with van der Waals surface area (Å²) in [5.74, 6) is -1.20. The molecule has 1 amide bonds. The molecule has 30 heavy (non-hydrogen) atoms. The van der Waals surface area contributed by atoms with Gasteiger partial charge in [0.1, 0.15) is 42.2 Å². The number of ether oxygens (including phenoxy) is 1. The fraction of sp³-hybridized carbons (Fsp3) is 0.364. The van der Waals surface area contributed by atoms with Gasteiger partial charge in [0.25, 0.3) is 11.7 Å². The van der Waals surface area contributed by atoms with Gasteiger partial charge >= 0.3 is 0 Å². The molecule has 3 heterocycles. The van der Waals surface area contributed by atoms with E-state index in [2.05, 4.69) is 0 Å². The van der Waals surface area contributed by atoms with Crippen molar-refractivity contribution in [3.05, 3.63) is 64.9 Å². The lowest BCUT2D eigenvalue weighted by Gasteiger charge is -2.28. The molecule has 2 fully saturated rings. The van der Waals surface area contributed by atoms with Crippen molar-refractivity contribution in [2.45, 2.75) is 13.0 Å². The van der Waals surface area contributed by atoms with Crippen molar-refractivity contribution < 1.29 is 33.1 Å². The van der Waals surface area contributed by atoms with Crippen LogP contribution in [0.3, 0.4) is 0 Å². The lowest BCUT2D eigenvalue weighted by Crippen LogP contribution is -3.14. The molecule has 2 aliphatic rings. The topological polar surface area (TPSA) is 84.4 Å². The number of carbonyl (C=O) groups is 2. The van der Waals surface area contributed by atoms with Gasteiger partial charge in [-0.25, -0.2) is 4.39 Å². The number of nitrogens with zero attached hydrogens (tertiary/aromatic N) is 1. The molecule has 2 aliphatic heterocycles. The van der Waals surface area contributed by atoms with Gasteiger partial charge in [0.15, 0.2) is 0 Å². The molecular weight excluding hydrogens is 391 g/mol. The third-order valence-corrected chi connectivity index (χ3v) is 5.59. The highest BCUT2D eigenvalue weighted by Crippen LogP contribution is 2.39. The van der Waals surface area contributed by atoms with E-state index < -0.39 is 23.5 Å². The van der Waals surface area contributed by atoms with E-state index in [9.17, 15) is 19.1 Å². The Morgan fingerprint density at radius 1 is 1.17 bits per heavy atom. The zero-order valence-electron chi connectivity index (χ0n) is 16.7. The molecule has 1 atom stereocenters. The van der Waals surface area contributed by atoms with Crippen molar-refractivity contribution in [3.8, 4) is 0 Å². The third-order valence-electron chi connectivity index (χ3n) is 5.59. The minimum absolute atomic E-state index is 0.0436. The summed E-state index contributed by atoms with van der Waals surface area (Å²) in [7, 11) is 0. The van der Waals surface area contributed by atoms with E-state index >= 15 is 0 Å². The van der Waals surface area contributed by atoms with Crippen LogP contribution in [0, 0.1) is 12.7 Å². The molecule has 8 heteroatoms. The zero-order chi connectivity index (χ0) is 21.3. The highest BCUT2D eigenvalue weighted by atomic mass is 19.1. The molecule has 158 valence electrons. The van der Waals surface area contributed by atoms with Gasteiger partial charge in [-0.1, -0.05) is 0 Å². The first-order valence-corrected chi connectivity index (χ1v) is 9.97. The van der Waals surface area contributed by atoms with Gasteiger partial charge in [0.05, 0.1) is 31.9 Å². The predicted octanol–water partition coefficient (Wildman–Crippen LogP) is 1.06. The summed E-state index contributed by atoms with van der Waals surface area (Å²) in [6.45, 7) is 5.77. The Morgan fingerprint density at radius 3 is 2.50 bits per heavy atom. The van der Waals surface area contributed by atoms with Crippen molar-refractivity contribution in [2.75, 3.05) is 39.4 Å². The largest absolute Gasteiger partial charge is 0.507 e. The van der Waals surface area contributed by atoms with Crippen molar-refractivity contribution in [1.82, 2.24) is 4.90 Å². The SMILES string of the molecule is Cc1ccc([C@H]2C(=C(O)c3ccc(F)cc3)C(=O)C(=O)N2CC[NH+]2CCOCC2)o1. The van der Waals surface area contributed by atoms with Crippen LogP contribution in [0.15, 0.2) is 46.4 Å². The van der Waals surface area contributed by atoms with Gasteiger partial charge in [-0.05, 0) is 43.3 Å². The molecule has 0 saturated carbocycles. The summed E-state index contributed by atoms with van der Waals surface area (Å²) in [5.41, 5.74) is 0.222. The number of aliphatic hydroxyl groups excluding tert-OH is 1. The van der Waals surface area contributed by atoms with E-state index in [0.717, 1.165) is 13.1 Å². The molecule has 0 radical (unpaired) electrons. The number of rotatable bonds is 5. The average molecular weight is 415 g/mol. The number of amides is 1. The monoisotopic (exact) mass is 415 g/mol. The van der Waals surface area contributed by atoms with Crippen LogP contribution >= 0.6 is 0 Å². The maximum absolute atomic E-state index is 13.3. The summed E-state index contributed by atoms with van der Waals surface area (Å²) >= 11 is 0. The Morgan fingerprint density at radius 2 is 1.87 bits per heavy atom. The smallest absolute Gasteiger partial charge is 0.295 e. The Labute approximate surface area is 173 Å². The van der Waals surface area contributed by atoms with Crippen LogP contribution < -0.4 is 4.90 Å². The second kappa shape index (κ2) is 8.41. The number of likely N-dealkylation sites (tertiary alicyclic amines) is 1. The standard InChI is InChI=1S/C22H23FN2O5/c1-14-2-7-17(30-14)19-18(20(26)15-3-5-16(23)6-4-15)21(27)22(28)25(19)9-8-24-10-12-29-13-11-24/h2-7,19,26H,8-13H2,1H3/p+1/t19-/m0/s1. The number of furan rings is 1. The van der Waals surface area contributed by atoms with Crippen LogP contribution in [0.1, 0.15) is 23.1 Å². The first-order valence-electron chi connectivity index (χ1n) is 9.97. The number of ketones is 1. The van der Waals surface area contributed by atoms with Gasteiger partial charge < -0.3 is 24.1 Å². The van der Waals surface area contributed by atoms with E-state index in [0.29, 0.717) is 37.8 Å². The molecule has 1 aromatic carbocycles. The van der Waals surface area contributed by atoms with Gasteiger partial charge in [0, 0.05) is 5.56 Å². The summed E-state index contributed by atoms with van der Waals surface area (Å²) in [4.78, 5) is 28.5. The molecule has 0 aliphatic carbocycles. The van der Waals surface area contributed by atoms with Crippen LogP contribution in [-0.2, 0) is 14.3 Å². The van der Waals surface area contributed by atoms with Crippen LogP contribution in [-0.4, -0.2) is 61.1 Å². The molecule has 0 bridgehead atoms. The molecular formula is C22H24FN2O5+. The second-order valence-electron chi connectivity index (χ2n) is 7.56. The van der Waals surface area contributed by atoms with Gasteiger partial charge in [-0.3, -0.25) is 9.59 Å². The summed E-state index contributed by atoms with van der Waals surface area (Å²) in [5, 5.41) is 10.9. The first-order chi connectivity index (χ1) is 14.5. The number of quaternary nitrogens is 1. The average Bonchev–Trinajstić information content (AvgIpc) is 3.28. The summed E-state index contributed by atoms with van der Waals surface area (Å²) in [6.07, 6.45) is 0. The molecule has 2 N–H and O–H groups in total. The lowest BCUT2D eigenvalue weighted by atomic mass is 9.99. The van der Waals surface area contributed by atoms with Crippen molar-refractivity contribution in [1.29, 1.82) is 0 Å². The minimum atomic E-state index is -0.829. The number of aryl methyl sites for hydroxylation is 1. The van der Waals surface area contributed by atoms with Crippen LogP contribution in [0.4, 0.5) is 4.39 Å².